The monoisotopic (exact) mass is 329 g/mol. The zero-order chi connectivity index (χ0) is 13.9. The Balaban J connectivity index is 1.72. The van der Waals surface area contributed by atoms with Crippen molar-refractivity contribution in [2.75, 3.05) is 18.0 Å². The summed E-state index contributed by atoms with van der Waals surface area (Å²) in [4.78, 5) is 2.53. The molecular formula is C18H20BrN. The van der Waals surface area contributed by atoms with E-state index >= 15 is 0 Å². The van der Waals surface area contributed by atoms with Gasteiger partial charge in [0.05, 0.1) is 0 Å². The molecule has 0 spiro atoms. The van der Waals surface area contributed by atoms with E-state index in [2.05, 4.69) is 76.3 Å². The van der Waals surface area contributed by atoms with Gasteiger partial charge in [-0.3, -0.25) is 0 Å². The third-order valence-corrected chi connectivity index (χ3v) is 5.02. The topological polar surface area (TPSA) is 3.24 Å². The van der Waals surface area contributed by atoms with E-state index in [1.807, 2.05) is 0 Å². The van der Waals surface area contributed by atoms with Crippen molar-refractivity contribution in [2.45, 2.75) is 25.7 Å². The van der Waals surface area contributed by atoms with E-state index in [0.717, 1.165) is 13.1 Å². The Kier molecular flexibility index (Phi) is 4.11. The van der Waals surface area contributed by atoms with Gasteiger partial charge in [-0.2, -0.15) is 0 Å². The maximum atomic E-state index is 3.69. The molecule has 1 heterocycles. The van der Waals surface area contributed by atoms with Gasteiger partial charge < -0.3 is 4.90 Å². The fourth-order valence-corrected chi connectivity index (χ4v) is 3.76. The van der Waals surface area contributed by atoms with Gasteiger partial charge in [-0.1, -0.05) is 52.3 Å². The van der Waals surface area contributed by atoms with Crippen molar-refractivity contribution < 1.29 is 0 Å². The lowest BCUT2D eigenvalue weighted by Crippen LogP contribution is -2.33. The number of hydrogen-bond acceptors (Lipinski definition) is 1. The van der Waals surface area contributed by atoms with Crippen LogP contribution in [0.3, 0.4) is 0 Å². The molecule has 1 saturated heterocycles. The largest absolute Gasteiger partial charge is 0.371 e. The van der Waals surface area contributed by atoms with Crippen LogP contribution in [0.2, 0.25) is 0 Å². The van der Waals surface area contributed by atoms with Gasteiger partial charge in [0.2, 0.25) is 0 Å². The molecule has 104 valence electrons. The second kappa shape index (κ2) is 6.01. The number of rotatable bonds is 2. The molecule has 1 nitrogen and oxygen atoms in total. The SMILES string of the molecule is Cc1ccccc1N1CCC(c2ccccc2Br)CC1. The van der Waals surface area contributed by atoms with E-state index in [1.54, 1.807) is 0 Å². The Labute approximate surface area is 129 Å². The third kappa shape index (κ3) is 2.76. The smallest absolute Gasteiger partial charge is 0.0395 e. The van der Waals surface area contributed by atoms with Gasteiger partial charge in [0.15, 0.2) is 0 Å². The number of para-hydroxylation sites is 1. The fourth-order valence-electron chi connectivity index (χ4n) is 3.16. The first-order valence-electron chi connectivity index (χ1n) is 7.30. The molecule has 0 N–H and O–H groups in total. The summed E-state index contributed by atoms with van der Waals surface area (Å²) in [5.74, 6) is 0.686. The van der Waals surface area contributed by atoms with Crippen molar-refractivity contribution in [1.82, 2.24) is 0 Å². The van der Waals surface area contributed by atoms with Crippen LogP contribution in [0.5, 0.6) is 0 Å². The van der Waals surface area contributed by atoms with Crippen molar-refractivity contribution in [1.29, 1.82) is 0 Å². The van der Waals surface area contributed by atoms with Crippen LogP contribution in [0.15, 0.2) is 53.0 Å². The van der Waals surface area contributed by atoms with Crippen LogP contribution in [-0.4, -0.2) is 13.1 Å². The molecule has 0 radical (unpaired) electrons. The first kappa shape index (κ1) is 13.7. The minimum absolute atomic E-state index is 0.686. The third-order valence-electron chi connectivity index (χ3n) is 4.30. The molecule has 0 unspecified atom stereocenters. The van der Waals surface area contributed by atoms with Crippen LogP contribution in [-0.2, 0) is 0 Å². The molecule has 0 saturated carbocycles. The molecule has 1 aliphatic rings. The first-order chi connectivity index (χ1) is 9.75. The minimum atomic E-state index is 0.686. The number of benzene rings is 2. The molecule has 1 aliphatic heterocycles. The van der Waals surface area contributed by atoms with Gasteiger partial charge >= 0.3 is 0 Å². The Morgan fingerprint density at radius 2 is 1.60 bits per heavy atom. The molecule has 0 atom stereocenters. The lowest BCUT2D eigenvalue weighted by atomic mass is 9.89. The van der Waals surface area contributed by atoms with Crippen molar-refractivity contribution in [3.8, 4) is 0 Å². The molecule has 1 fully saturated rings. The Hall–Kier alpha value is -1.28. The molecule has 0 bridgehead atoms. The van der Waals surface area contributed by atoms with E-state index in [0.29, 0.717) is 5.92 Å². The van der Waals surface area contributed by atoms with E-state index in [1.165, 1.54) is 34.1 Å². The zero-order valence-corrected chi connectivity index (χ0v) is 13.4. The molecular weight excluding hydrogens is 310 g/mol. The van der Waals surface area contributed by atoms with Gasteiger partial charge in [-0.15, -0.1) is 0 Å². The maximum Gasteiger partial charge on any atom is 0.0395 e. The molecule has 3 rings (SSSR count). The predicted octanol–water partition coefficient (Wildman–Crippen LogP) is 5.14. The first-order valence-corrected chi connectivity index (χ1v) is 8.10. The number of anilines is 1. The molecule has 0 aromatic heterocycles. The minimum Gasteiger partial charge on any atom is -0.371 e. The molecule has 0 amide bonds. The number of nitrogens with zero attached hydrogens (tertiary/aromatic N) is 1. The molecule has 2 heteroatoms. The summed E-state index contributed by atoms with van der Waals surface area (Å²) in [5.41, 5.74) is 4.25. The number of piperidine rings is 1. The molecule has 20 heavy (non-hydrogen) atoms. The summed E-state index contributed by atoms with van der Waals surface area (Å²) < 4.78 is 1.26. The average Bonchev–Trinajstić information content (AvgIpc) is 2.49. The summed E-state index contributed by atoms with van der Waals surface area (Å²) in [7, 11) is 0. The highest BCUT2D eigenvalue weighted by atomic mass is 79.9. The predicted molar refractivity (Wildman–Crippen MR) is 89.5 cm³/mol. The number of hydrogen-bond donors (Lipinski definition) is 0. The summed E-state index contributed by atoms with van der Waals surface area (Å²) in [6.07, 6.45) is 2.47. The summed E-state index contributed by atoms with van der Waals surface area (Å²) in [6, 6.07) is 17.4. The highest BCUT2D eigenvalue weighted by Crippen LogP contribution is 2.34. The van der Waals surface area contributed by atoms with Crippen LogP contribution in [0, 0.1) is 6.92 Å². The van der Waals surface area contributed by atoms with Gasteiger partial charge in [0.25, 0.3) is 0 Å². The van der Waals surface area contributed by atoms with E-state index in [9.17, 15) is 0 Å². The van der Waals surface area contributed by atoms with Crippen molar-refractivity contribution >= 4 is 21.6 Å². The van der Waals surface area contributed by atoms with Crippen molar-refractivity contribution in [3.05, 3.63) is 64.1 Å². The molecule has 0 aliphatic carbocycles. The molecule has 2 aromatic rings. The maximum absolute atomic E-state index is 3.69. The average molecular weight is 330 g/mol. The lowest BCUT2D eigenvalue weighted by Gasteiger charge is -2.35. The summed E-state index contributed by atoms with van der Waals surface area (Å²) >= 11 is 3.69. The van der Waals surface area contributed by atoms with Crippen LogP contribution >= 0.6 is 15.9 Å². The van der Waals surface area contributed by atoms with Crippen LogP contribution in [0.1, 0.15) is 29.9 Å². The van der Waals surface area contributed by atoms with Crippen LogP contribution in [0.25, 0.3) is 0 Å². The van der Waals surface area contributed by atoms with Gasteiger partial charge in [0.1, 0.15) is 0 Å². The Bertz CT molecular complexity index is 532. The lowest BCUT2D eigenvalue weighted by molar-refractivity contribution is 0.503. The second-order valence-electron chi connectivity index (χ2n) is 5.57. The Morgan fingerprint density at radius 3 is 2.30 bits per heavy atom. The van der Waals surface area contributed by atoms with Crippen LogP contribution in [0.4, 0.5) is 5.69 Å². The second-order valence-corrected chi connectivity index (χ2v) is 6.42. The highest BCUT2D eigenvalue weighted by molar-refractivity contribution is 9.10. The highest BCUT2D eigenvalue weighted by Gasteiger charge is 2.22. The summed E-state index contributed by atoms with van der Waals surface area (Å²) in [5, 5.41) is 0. The van der Waals surface area contributed by atoms with E-state index < -0.39 is 0 Å². The van der Waals surface area contributed by atoms with Gasteiger partial charge in [-0.05, 0) is 48.9 Å². The normalized spacial score (nSPS) is 16.4. The van der Waals surface area contributed by atoms with Gasteiger partial charge in [0, 0.05) is 23.2 Å². The standard InChI is InChI=1S/C18H20BrN/c1-14-6-2-5-9-18(14)20-12-10-15(11-13-20)16-7-3-4-8-17(16)19/h2-9,15H,10-13H2,1H3. The van der Waals surface area contributed by atoms with Crippen molar-refractivity contribution in [2.24, 2.45) is 0 Å². The van der Waals surface area contributed by atoms with E-state index in [4.69, 9.17) is 0 Å². The number of aryl methyl sites for hydroxylation is 1. The zero-order valence-electron chi connectivity index (χ0n) is 11.8. The van der Waals surface area contributed by atoms with Crippen molar-refractivity contribution in [3.63, 3.8) is 0 Å². The molecule has 2 aromatic carbocycles. The summed E-state index contributed by atoms with van der Waals surface area (Å²) in [6.45, 7) is 4.50. The quantitative estimate of drug-likeness (QED) is 0.737. The van der Waals surface area contributed by atoms with E-state index in [-0.39, 0.29) is 0 Å². The number of halogens is 1. The Morgan fingerprint density at radius 1 is 0.950 bits per heavy atom. The fraction of sp³-hybridized carbons (Fsp3) is 0.333. The van der Waals surface area contributed by atoms with Gasteiger partial charge in [-0.25, -0.2) is 0 Å². The van der Waals surface area contributed by atoms with Crippen LogP contribution < -0.4 is 4.90 Å².